The quantitative estimate of drug-likeness (QED) is 0.632. The van der Waals surface area contributed by atoms with Gasteiger partial charge in [0.15, 0.2) is 0 Å². The summed E-state index contributed by atoms with van der Waals surface area (Å²) in [6, 6.07) is 0. The molecular weight excluding hydrogens is 328 g/mol. The van der Waals surface area contributed by atoms with Crippen molar-refractivity contribution >= 4 is 6.09 Å². The van der Waals surface area contributed by atoms with Crippen molar-refractivity contribution in [3.63, 3.8) is 0 Å². The summed E-state index contributed by atoms with van der Waals surface area (Å²) in [6.07, 6.45) is 5.47. The Hall–Kier alpha value is -1.75. The fourth-order valence-corrected chi connectivity index (χ4v) is 2.50. The summed E-state index contributed by atoms with van der Waals surface area (Å²) in [5.74, 6) is 1.16. The zero-order valence-corrected chi connectivity index (χ0v) is 17.6. The first-order valence-corrected chi connectivity index (χ1v) is 9.37. The van der Waals surface area contributed by atoms with E-state index >= 15 is 0 Å². The fraction of sp³-hybridized carbons (Fsp3) is 0.667. The monoisotopic (exact) mass is 364 g/mol. The van der Waals surface area contributed by atoms with E-state index in [2.05, 4.69) is 31.4 Å². The van der Waals surface area contributed by atoms with Gasteiger partial charge in [-0.25, -0.2) is 4.79 Å². The maximum Gasteiger partial charge on any atom is 0.414 e. The third-order valence-electron chi connectivity index (χ3n) is 3.74. The largest absolute Gasteiger partial charge is 0.493 e. The first-order chi connectivity index (χ1) is 12.0. The zero-order chi connectivity index (χ0) is 19.9. The van der Waals surface area contributed by atoms with Crippen molar-refractivity contribution in [2.75, 3.05) is 33.8 Å². The number of nitrogens with zero attached hydrogens (tertiary/aromatic N) is 2. The van der Waals surface area contributed by atoms with Crippen LogP contribution in [0.4, 0.5) is 4.79 Å². The predicted octanol–water partition coefficient (Wildman–Crippen LogP) is 4.58. The second-order valence-corrected chi connectivity index (χ2v) is 8.40. The van der Waals surface area contributed by atoms with Crippen molar-refractivity contribution in [3.05, 3.63) is 35.8 Å². The Morgan fingerprint density at radius 1 is 1.31 bits per heavy atom. The van der Waals surface area contributed by atoms with Crippen molar-refractivity contribution in [1.29, 1.82) is 0 Å². The van der Waals surface area contributed by atoms with E-state index in [1.807, 2.05) is 40.9 Å². The molecule has 1 aliphatic carbocycles. The number of ether oxygens (including phenoxy) is 2. The minimum absolute atomic E-state index is 0.315. The molecule has 5 heteroatoms. The summed E-state index contributed by atoms with van der Waals surface area (Å²) in [4.78, 5) is 16.4. The highest BCUT2D eigenvalue weighted by molar-refractivity contribution is 5.71. The average Bonchev–Trinajstić information content (AvgIpc) is 2.50. The molecule has 0 aliphatic heterocycles. The minimum atomic E-state index is -0.534. The second-order valence-electron chi connectivity index (χ2n) is 8.40. The molecule has 1 aliphatic rings. The molecule has 0 aromatic rings. The van der Waals surface area contributed by atoms with Gasteiger partial charge in [0.05, 0.1) is 0 Å². The number of carbonyl (C=O) groups is 1. The van der Waals surface area contributed by atoms with Crippen molar-refractivity contribution in [1.82, 2.24) is 9.80 Å². The lowest BCUT2D eigenvalue weighted by molar-refractivity contribution is 0.0300. The molecule has 0 N–H and O–H groups in total. The van der Waals surface area contributed by atoms with Gasteiger partial charge < -0.3 is 14.4 Å². The van der Waals surface area contributed by atoms with E-state index in [4.69, 9.17) is 9.47 Å². The van der Waals surface area contributed by atoms with E-state index in [0.717, 1.165) is 30.7 Å². The van der Waals surface area contributed by atoms with E-state index in [1.165, 1.54) is 0 Å². The third kappa shape index (κ3) is 8.09. The SMILES string of the molecule is C=C(C1=CC(OCCN(C)C)=CCC1)N(CC(C)C)C(=O)OC(C)(C)C. The van der Waals surface area contributed by atoms with Gasteiger partial charge >= 0.3 is 6.09 Å². The van der Waals surface area contributed by atoms with Crippen LogP contribution in [0.15, 0.2) is 35.8 Å². The van der Waals surface area contributed by atoms with E-state index in [9.17, 15) is 4.79 Å². The van der Waals surface area contributed by atoms with Gasteiger partial charge in [-0.2, -0.15) is 0 Å². The summed E-state index contributed by atoms with van der Waals surface area (Å²) in [5, 5.41) is 0. The molecule has 0 aromatic heterocycles. The molecule has 0 saturated heterocycles. The van der Waals surface area contributed by atoms with Crippen LogP contribution in [0, 0.1) is 5.92 Å². The number of amides is 1. The van der Waals surface area contributed by atoms with Crippen LogP contribution in [0.2, 0.25) is 0 Å². The molecule has 0 fully saturated rings. The summed E-state index contributed by atoms with van der Waals surface area (Å²) in [6.45, 7) is 16.0. The van der Waals surface area contributed by atoms with Crippen molar-refractivity contribution in [2.24, 2.45) is 5.92 Å². The molecule has 0 unspecified atom stereocenters. The smallest absolute Gasteiger partial charge is 0.414 e. The van der Waals surface area contributed by atoms with Crippen LogP contribution >= 0.6 is 0 Å². The lowest BCUT2D eigenvalue weighted by Crippen LogP contribution is -2.38. The zero-order valence-electron chi connectivity index (χ0n) is 17.6. The molecule has 0 spiro atoms. The normalized spacial score (nSPS) is 14.8. The van der Waals surface area contributed by atoms with Crippen molar-refractivity contribution < 1.29 is 14.3 Å². The van der Waals surface area contributed by atoms with Crippen molar-refractivity contribution in [2.45, 2.75) is 53.1 Å². The van der Waals surface area contributed by atoms with E-state index in [0.29, 0.717) is 24.8 Å². The number of hydrogen-bond donors (Lipinski definition) is 0. The Labute approximate surface area is 159 Å². The molecule has 0 atom stereocenters. The van der Waals surface area contributed by atoms with Gasteiger partial charge in [-0.15, -0.1) is 0 Å². The molecule has 0 aromatic carbocycles. The van der Waals surface area contributed by atoms with Crippen LogP contribution in [-0.4, -0.2) is 55.3 Å². The summed E-state index contributed by atoms with van der Waals surface area (Å²) in [5.41, 5.74) is 1.20. The molecule has 0 radical (unpaired) electrons. The highest BCUT2D eigenvalue weighted by atomic mass is 16.6. The summed E-state index contributed by atoms with van der Waals surface area (Å²) < 4.78 is 11.4. The maximum atomic E-state index is 12.7. The molecule has 0 bridgehead atoms. The van der Waals surface area contributed by atoms with E-state index < -0.39 is 5.60 Å². The summed E-state index contributed by atoms with van der Waals surface area (Å²) >= 11 is 0. The molecule has 0 heterocycles. The Morgan fingerprint density at radius 2 is 1.96 bits per heavy atom. The van der Waals surface area contributed by atoms with Gasteiger partial charge in [0.2, 0.25) is 0 Å². The third-order valence-corrected chi connectivity index (χ3v) is 3.74. The average molecular weight is 365 g/mol. The molecule has 0 saturated carbocycles. The predicted molar refractivity (Wildman–Crippen MR) is 107 cm³/mol. The number of likely N-dealkylation sites (N-methyl/N-ethyl adjacent to an activating group) is 1. The van der Waals surface area contributed by atoms with Crippen LogP contribution in [-0.2, 0) is 9.47 Å². The van der Waals surface area contributed by atoms with Crippen LogP contribution in [0.25, 0.3) is 0 Å². The maximum absolute atomic E-state index is 12.7. The van der Waals surface area contributed by atoms with Crippen LogP contribution in [0.1, 0.15) is 47.5 Å². The molecule has 26 heavy (non-hydrogen) atoms. The van der Waals surface area contributed by atoms with Crippen LogP contribution in [0.5, 0.6) is 0 Å². The summed E-state index contributed by atoms with van der Waals surface area (Å²) in [7, 11) is 4.04. The highest BCUT2D eigenvalue weighted by Gasteiger charge is 2.26. The first kappa shape index (κ1) is 22.3. The van der Waals surface area contributed by atoms with Gasteiger partial charge in [0.1, 0.15) is 18.0 Å². The highest BCUT2D eigenvalue weighted by Crippen LogP contribution is 2.27. The lowest BCUT2D eigenvalue weighted by Gasteiger charge is -2.31. The van der Waals surface area contributed by atoms with Crippen LogP contribution in [0.3, 0.4) is 0 Å². The van der Waals surface area contributed by atoms with E-state index in [-0.39, 0.29) is 6.09 Å². The molecule has 5 nitrogen and oxygen atoms in total. The van der Waals surface area contributed by atoms with E-state index in [1.54, 1.807) is 4.90 Å². The Bertz CT molecular complexity index is 554. The Morgan fingerprint density at radius 3 is 2.50 bits per heavy atom. The topological polar surface area (TPSA) is 42.0 Å². The molecule has 1 rings (SSSR count). The Kier molecular flexibility index (Phi) is 8.41. The van der Waals surface area contributed by atoms with Crippen LogP contribution < -0.4 is 0 Å². The second kappa shape index (κ2) is 9.81. The first-order valence-electron chi connectivity index (χ1n) is 9.37. The van der Waals surface area contributed by atoms with Gasteiger partial charge in [-0.3, -0.25) is 4.90 Å². The fourth-order valence-electron chi connectivity index (χ4n) is 2.50. The standard InChI is InChI=1S/C21H36N2O3/c1-16(2)15-23(20(24)26-21(4,5)6)17(3)18-10-9-11-19(14-18)25-13-12-22(7)8/h11,14,16H,3,9-10,12-13,15H2,1-2,4-8H3. The van der Waals surface area contributed by atoms with Crippen molar-refractivity contribution in [3.8, 4) is 0 Å². The lowest BCUT2D eigenvalue weighted by atomic mass is 10.0. The number of hydrogen-bond acceptors (Lipinski definition) is 4. The van der Waals surface area contributed by atoms with Gasteiger partial charge in [0, 0.05) is 18.8 Å². The minimum Gasteiger partial charge on any atom is -0.493 e. The number of allylic oxidation sites excluding steroid dienone is 3. The molecule has 1 amide bonds. The van der Waals surface area contributed by atoms with Gasteiger partial charge in [0.25, 0.3) is 0 Å². The Balaban J connectivity index is 2.87. The number of carbonyl (C=O) groups excluding carboxylic acids is 1. The molecular formula is C21H36N2O3. The number of rotatable bonds is 8. The van der Waals surface area contributed by atoms with Gasteiger partial charge in [-0.1, -0.05) is 20.4 Å². The van der Waals surface area contributed by atoms with Gasteiger partial charge in [-0.05, 0) is 71.4 Å². The molecule has 148 valence electrons.